The fraction of sp³-hybridized carbons (Fsp3) is 0.667. The van der Waals surface area contributed by atoms with E-state index in [1.165, 1.54) is 6.92 Å². The van der Waals surface area contributed by atoms with Crippen LogP contribution in [-0.2, 0) is 9.53 Å². The van der Waals surface area contributed by atoms with Gasteiger partial charge in [0.2, 0.25) is 0 Å². The molecule has 0 aromatic heterocycles. The summed E-state index contributed by atoms with van der Waals surface area (Å²) < 4.78 is 5.30. The zero-order chi connectivity index (χ0) is 12.3. The van der Waals surface area contributed by atoms with Gasteiger partial charge in [0.15, 0.2) is 0 Å². The van der Waals surface area contributed by atoms with Gasteiger partial charge in [0.1, 0.15) is 5.60 Å². The third-order valence-corrected chi connectivity index (χ3v) is 3.11. The first-order chi connectivity index (χ1) is 7.36. The van der Waals surface area contributed by atoms with Gasteiger partial charge in [-0.05, 0) is 32.8 Å². The molecule has 0 aromatic rings. The van der Waals surface area contributed by atoms with Gasteiger partial charge in [-0.1, -0.05) is 11.2 Å². The molecular formula is C12H19NO3. The maximum absolute atomic E-state index is 11.0. The number of esters is 1. The van der Waals surface area contributed by atoms with Gasteiger partial charge in [-0.3, -0.25) is 4.79 Å². The van der Waals surface area contributed by atoms with Gasteiger partial charge < -0.3 is 9.94 Å². The molecule has 0 aliphatic heterocycles. The highest BCUT2D eigenvalue weighted by atomic mass is 16.6. The number of allylic oxidation sites excluding steroid dienone is 2. The van der Waals surface area contributed by atoms with E-state index in [4.69, 9.17) is 9.94 Å². The van der Waals surface area contributed by atoms with Crippen molar-refractivity contribution >= 4 is 11.7 Å². The second kappa shape index (κ2) is 4.68. The standard InChI is InChI=1S/C12H19NO3/c1-8-5-6-10(7-11(8)13-15)12(3,4)16-9(2)14/h5,10,15H,6-7H2,1-4H3/b13-11-. The smallest absolute Gasteiger partial charge is 0.303 e. The fourth-order valence-electron chi connectivity index (χ4n) is 2.02. The average Bonchev–Trinajstić information content (AvgIpc) is 2.16. The van der Waals surface area contributed by atoms with Crippen LogP contribution in [0, 0.1) is 5.92 Å². The minimum atomic E-state index is -0.529. The summed E-state index contributed by atoms with van der Waals surface area (Å²) in [7, 11) is 0. The normalized spacial score (nSPS) is 24.1. The van der Waals surface area contributed by atoms with E-state index in [1.54, 1.807) is 0 Å². The van der Waals surface area contributed by atoms with Crippen LogP contribution in [0.3, 0.4) is 0 Å². The summed E-state index contributed by atoms with van der Waals surface area (Å²) in [5.41, 5.74) is 1.15. The number of nitrogens with zero attached hydrogens (tertiary/aromatic N) is 1. The van der Waals surface area contributed by atoms with E-state index < -0.39 is 5.60 Å². The van der Waals surface area contributed by atoms with Gasteiger partial charge in [-0.25, -0.2) is 0 Å². The lowest BCUT2D eigenvalue weighted by molar-refractivity contribution is -0.158. The van der Waals surface area contributed by atoms with E-state index in [0.717, 1.165) is 12.0 Å². The maximum atomic E-state index is 11.0. The van der Waals surface area contributed by atoms with Crippen LogP contribution in [0.5, 0.6) is 0 Å². The van der Waals surface area contributed by atoms with E-state index >= 15 is 0 Å². The van der Waals surface area contributed by atoms with Crippen LogP contribution < -0.4 is 0 Å². The van der Waals surface area contributed by atoms with Crippen LogP contribution >= 0.6 is 0 Å². The van der Waals surface area contributed by atoms with Gasteiger partial charge in [-0.15, -0.1) is 0 Å². The molecule has 4 nitrogen and oxygen atoms in total. The second-order valence-corrected chi connectivity index (χ2v) is 4.77. The number of hydrogen-bond acceptors (Lipinski definition) is 4. The largest absolute Gasteiger partial charge is 0.460 e. The fourth-order valence-corrected chi connectivity index (χ4v) is 2.02. The third-order valence-electron chi connectivity index (χ3n) is 3.11. The molecule has 1 atom stereocenters. The van der Waals surface area contributed by atoms with Crippen molar-refractivity contribution in [1.82, 2.24) is 0 Å². The van der Waals surface area contributed by atoms with Crippen molar-refractivity contribution in [3.8, 4) is 0 Å². The highest BCUT2D eigenvalue weighted by molar-refractivity contribution is 6.00. The molecule has 90 valence electrons. The Balaban J connectivity index is 2.81. The summed E-state index contributed by atoms with van der Waals surface area (Å²) in [6.07, 6.45) is 3.50. The second-order valence-electron chi connectivity index (χ2n) is 4.77. The lowest BCUT2D eigenvalue weighted by Gasteiger charge is -2.35. The third kappa shape index (κ3) is 2.84. The van der Waals surface area contributed by atoms with Crippen molar-refractivity contribution in [3.05, 3.63) is 11.6 Å². The molecule has 1 unspecified atom stereocenters. The highest BCUT2D eigenvalue weighted by Gasteiger charge is 2.35. The Bertz CT molecular complexity index is 342. The minimum absolute atomic E-state index is 0.158. The van der Waals surface area contributed by atoms with E-state index in [-0.39, 0.29) is 11.9 Å². The molecule has 16 heavy (non-hydrogen) atoms. The molecule has 0 amide bonds. The first-order valence-electron chi connectivity index (χ1n) is 5.44. The molecule has 1 N–H and O–H groups in total. The highest BCUT2D eigenvalue weighted by Crippen LogP contribution is 2.33. The van der Waals surface area contributed by atoms with E-state index in [2.05, 4.69) is 5.16 Å². The summed E-state index contributed by atoms with van der Waals surface area (Å²) in [5.74, 6) is -0.121. The number of hydrogen-bond donors (Lipinski definition) is 1. The molecule has 1 aliphatic carbocycles. The molecule has 1 rings (SSSR count). The van der Waals surface area contributed by atoms with Crippen molar-refractivity contribution in [2.45, 2.75) is 46.1 Å². The van der Waals surface area contributed by atoms with Crippen LogP contribution in [0.1, 0.15) is 40.5 Å². The Kier molecular flexibility index (Phi) is 3.73. The number of rotatable bonds is 2. The van der Waals surface area contributed by atoms with Crippen molar-refractivity contribution < 1.29 is 14.7 Å². The molecule has 0 bridgehead atoms. The van der Waals surface area contributed by atoms with Gasteiger partial charge in [-0.2, -0.15) is 0 Å². The Morgan fingerprint density at radius 1 is 1.62 bits per heavy atom. The molecule has 0 radical (unpaired) electrons. The monoisotopic (exact) mass is 225 g/mol. The summed E-state index contributed by atoms with van der Waals surface area (Å²) in [6, 6.07) is 0. The van der Waals surface area contributed by atoms with Gasteiger partial charge >= 0.3 is 5.97 Å². The molecule has 4 heteroatoms. The molecule has 0 spiro atoms. The Hall–Kier alpha value is -1.32. The van der Waals surface area contributed by atoms with Crippen LogP contribution in [-0.4, -0.2) is 22.5 Å². The van der Waals surface area contributed by atoms with Gasteiger partial charge in [0, 0.05) is 19.3 Å². The number of carbonyl (C=O) groups excluding carboxylic acids is 1. The van der Waals surface area contributed by atoms with Gasteiger partial charge in [0.25, 0.3) is 0 Å². The minimum Gasteiger partial charge on any atom is -0.460 e. The van der Waals surface area contributed by atoms with E-state index in [1.807, 2.05) is 26.8 Å². The first kappa shape index (κ1) is 12.7. The molecule has 0 aromatic carbocycles. The maximum Gasteiger partial charge on any atom is 0.303 e. The van der Waals surface area contributed by atoms with Crippen molar-refractivity contribution in [3.63, 3.8) is 0 Å². The Labute approximate surface area is 96.0 Å². The summed E-state index contributed by atoms with van der Waals surface area (Å²) in [6.45, 7) is 7.11. The van der Waals surface area contributed by atoms with Gasteiger partial charge in [0.05, 0.1) is 5.71 Å². The molecule has 1 aliphatic rings. The molecule has 0 fully saturated rings. The summed E-state index contributed by atoms with van der Waals surface area (Å²) in [5, 5.41) is 12.1. The topological polar surface area (TPSA) is 58.9 Å². The van der Waals surface area contributed by atoms with Crippen molar-refractivity contribution in [2.24, 2.45) is 11.1 Å². The predicted molar refractivity (Wildman–Crippen MR) is 61.5 cm³/mol. The van der Waals surface area contributed by atoms with E-state index in [0.29, 0.717) is 12.1 Å². The number of oxime groups is 1. The lowest BCUT2D eigenvalue weighted by atomic mass is 9.78. The first-order valence-corrected chi connectivity index (χ1v) is 5.44. The average molecular weight is 225 g/mol. The number of carbonyl (C=O) groups is 1. The lowest BCUT2D eigenvalue weighted by Crippen LogP contribution is -2.38. The van der Waals surface area contributed by atoms with Crippen LogP contribution in [0.4, 0.5) is 0 Å². The van der Waals surface area contributed by atoms with Crippen LogP contribution in [0.25, 0.3) is 0 Å². The Morgan fingerprint density at radius 2 is 2.25 bits per heavy atom. The number of ether oxygens (including phenoxy) is 1. The zero-order valence-corrected chi connectivity index (χ0v) is 10.3. The summed E-state index contributed by atoms with van der Waals surface area (Å²) >= 11 is 0. The quantitative estimate of drug-likeness (QED) is 0.446. The van der Waals surface area contributed by atoms with E-state index in [9.17, 15) is 4.79 Å². The predicted octanol–water partition coefficient (Wildman–Crippen LogP) is 2.51. The van der Waals surface area contributed by atoms with Crippen LogP contribution in [0.2, 0.25) is 0 Å². The zero-order valence-electron chi connectivity index (χ0n) is 10.3. The molecular weight excluding hydrogens is 206 g/mol. The molecule has 0 saturated heterocycles. The molecule has 0 saturated carbocycles. The Morgan fingerprint density at radius 3 is 2.75 bits per heavy atom. The van der Waals surface area contributed by atoms with Crippen molar-refractivity contribution in [2.75, 3.05) is 0 Å². The van der Waals surface area contributed by atoms with Crippen LogP contribution in [0.15, 0.2) is 16.8 Å². The summed E-state index contributed by atoms with van der Waals surface area (Å²) in [4.78, 5) is 11.0. The van der Waals surface area contributed by atoms with Crippen molar-refractivity contribution in [1.29, 1.82) is 0 Å². The molecule has 0 heterocycles. The SMILES string of the molecule is CC(=O)OC(C)(C)C1CC=C(C)/C(=N\O)C1.